The van der Waals surface area contributed by atoms with Crippen LogP contribution in [0.2, 0.25) is 0 Å². The van der Waals surface area contributed by atoms with Crippen molar-refractivity contribution in [3.63, 3.8) is 0 Å². The molecular weight excluding hydrogens is 416 g/mol. The molecule has 0 amide bonds. The molecule has 7 nitrogen and oxygen atoms in total. The van der Waals surface area contributed by atoms with E-state index in [0.717, 1.165) is 36.4 Å². The van der Waals surface area contributed by atoms with Crippen molar-refractivity contribution >= 4 is 23.8 Å². The highest BCUT2D eigenvalue weighted by atomic mass is 16.5. The standard InChI is InChI=1S/C26H30N4O3/c1-5-20-16-22-23(14-17(20)2)30(25-24(28-22)18(3)27-26(31)29-25)11-7-9-19-8-6-10-21(15-19)33-13-12-32-4/h6,8,10,14-16H,3,5,7,9,11-13H2,1-2,4H3,(H,27,31). The molecule has 0 atom stereocenters. The van der Waals surface area contributed by atoms with E-state index in [1.807, 2.05) is 12.1 Å². The molecule has 0 fully saturated rings. The maximum absolute atomic E-state index is 12.1. The number of anilines is 2. The highest BCUT2D eigenvalue weighted by Crippen LogP contribution is 2.37. The topological polar surface area (TPSA) is 79.8 Å². The van der Waals surface area contributed by atoms with Gasteiger partial charge in [-0.15, -0.1) is 0 Å². The summed E-state index contributed by atoms with van der Waals surface area (Å²) in [6.45, 7) is 10.0. The molecule has 0 radical (unpaired) electrons. The minimum atomic E-state index is -0.412. The van der Waals surface area contributed by atoms with Gasteiger partial charge in [-0.05, 0) is 67.1 Å². The van der Waals surface area contributed by atoms with Crippen LogP contribution in [-0.4, -0.2) is 36.8 Å². The molecule has 0 spiro atoms. The summed E-state index contributed by atoms with van der Waals surface area (Å²) >= 11 is 0. The quantitative estimate of drug-likeness (QED) is 0.511. The van der Waals surface area contributed by atoms with Crippen LogP contribution in [0.1, 0.15) is 30.0 Å². The van der Waals surface area contributed by atoms with E-state index in [0.29, 0.717) is 36.3 Å². The third-order valence-electron chi connectivity index (χ3n) is 5.86. The Labute approximate surface area is 193 Å². The first-order valence-electron chi connectivity index (χ1n) is 11.3. The summed E-state index contributed by atoms with van der Waals surface area (Å²) in [5.41, 5.74) is 5.12. The molecule has 2 aromatic carbocycles. The number of nitrogens with one attached hydrogen (secondary N) is 1. The van der Waals surface area contributed by atoms with Crippen LogP contribution in [0.15, 0.2) is 46.2 Å². The van der Waals surface area contributed by atoms with Crippen molar-refractivity contribution in [3.05, 3.63) is 74.3 Å². The van der Waals surface area contributed by atoms with Crippen molar-refractivity contribution in [3.8, 4) is 5.75 Å². The van der Waals surface area contributed by atoms with Crippen molar-refractivity contribution in [1.29, 1.82) is 0 Å². The van der Waals surface area contributed by atoms with E-state index in [4.69, 9.17) is 14.5 Å². The van der Waals surface area contributed by atoms with Crippen molar-refractivity contribution in [2.24, 2.45) is 4.99 Å². The lowest BCUT2D eigenvalue weighted by Gasteiger charge is -2.29. The van der Waals surface area contributed by atoms with Gasteiger partial charge in [-0.3, -0.25) is 0 Å². The van der Waals surface area contributed by atoms with Crippen LogP contribution in [0.25, 0.3) is 6.58 Å². The molecule has 1 aromatic heterocycles. The molecule has 1 N–H and O–H groups in total. The largest absolute Gasteiger partial charge is 0.491 e. The molecule has 7 heteroatoms. The van der Waals surface area contributed by atoms with E-state index in [1.54, 1.807) is 7.11 Å². The normalized spacial score (nSPS) is 12.2. The van der Waals surface area contributed by atoms with Crippen molar-refractivity contribution in [1.82, 2.24) is 9.97 Å². The van der Waals surface area contributed by atoms with Crippen LogP contribution in [-0.2, 0) is 17.6 Å². The van der Waals surface area contributed by atoms with Crippen LogP contribution < -0.4 is 26.0 Å². The predicted molar refractivity (Wildman–Crippen MR) is 131 cm³/mol. The zero-order valence-corrected chi connectivity index (χ0v) is 19.5. The molecule has 1 aliphatic rings. The second-order valence-electron chi connectivity index (χ2n) is 8.17. The van der Waals surface area contributed by atoms with Gasteiger partial charge < -0.3 is 19.4 Å². The summed E-state index contributed by atoms with van der Waals surface area (Å²) in [5.74, 6) is 1.41. The third-order valence-corrected chi connectivity index (χ3v) is 5.86. The predicted octanol–water partition coefficient (Wildman–Crippen LogP) is 3.11. The average molecular weight is 447 g/mol. The highest BCUT2D eigenvalue weighted by Gasteiger charge is 2.23. The molecule has 1 aliphatic heterocycles. The van der Waals surface area contributed by atoms with Crippen molar-refractivity contribution in [2.75, 3.05) is 31.8 Å². The smallest absolute Gasteiger partial charge is 0.347 e. The number of nitrogens with zero attached hydrogens (tertiary/aromatic N) is 3. The fourth-order valence-electron chi connectivity index (χ4n) is 4.15. The van der Waals surface area contributed by atoms with Gasteiger partial charge in [0.1, 0.15) is 17.7 Å². The number of fused-ring (bicyclic) bond motifs is 2. The summed E-state index contributed by atoms with van der Waals surface area (Å²) in [7, 11) is 1.66. The highest BCUT2D eigenvalue weighted by molar-refractivity contribution is 5.77. The lowest BCUT2D eigenvalue weighted by Crippen LogP contribution is -2.42. The van der Waals surface area contributed by atoms with Gasteiger partial charge in [-0.1, -0.05) is 25.6 Å². The van der Waals surface area contributed by atoms with E-state index in [-0.39, 0.29) is 0 Å². The van der Waals surface area contributed by atoms with Gasteiger partial charge in [-0.2, -0.15) is 4.98 Å². The minimum absolute atomic E-state index is 0.412. The Bertz CT molecular complexity index is 1320. The van der Waals surface area contributed by atoms with Gasteiger partial charge in [0, 0.05) is 13.7 Å². The second-order valence-corrected chi connectivity index (χ2v) is 8.17. The molecule has 172 valence electrons. The average Bonchev–Trinajstić information content (AvgIpc) is 2.79. The molecule has 0 unspecified atom stereocenters. The summed E-state index contributed by atoms with van der Waals surface area (Å²) < 4.78 is 10.8. The van der Waals surface area contributed by atoms with Gasteiger partial charge >= 0.3 is 5.69 Å². The van der Waals surface area contributed by atoms with E-state index in [1.165, 1.54) is 16.7 Å². The molecule has 3 aromatic rings. The van der Waals surface area contributed by atoms with Crippen LogP contribution in [0.4, 0.5) is 17.2 Å². The first-order valence-corrected chi connectivity index (χ1v) is 11.3. The molecule has 0 saturated heterocycles. The fourth-order valence-corrected chi connectivity index (χ4v) is 4.15. The van der Waals surface area contributed by atoms with Crippen LogP contribution in [0, 0.1) is 6.92 Å². The Hall–Kier alpha value is -3.45. The van der Waals surface area contributed by atoms with Gasteiger partial charge in [0.15, 0.2) is 5.82 Å². The summed E-state index contributed by atoms with van der Waals surface area (Å²) in [6, 6.07) is 12.4. The molecular formula is C26H30N4O3. The maximum Gasteiger partial charge on any atom is 0.347 e. The van der Waals surface area contributed by atoms with E-state index in [9.17, 15) is 4.79 Å². The van der Waals surface area contributed by atoms with Gasteiger partial charge in [0.2, 0.25) is 0 Å². The van der Waals surface area contributed by atoms with Gasteiger partial charge in [-0.25, -0.2) is 9.79 Å². The fraction of sp³-hybridized carbons (Fsp3) is 0.346. The summed E-state index contributed by atoms with van der Waals surface area (Å²) in [6.07, 6.45) is 2.67. The third kappa shape index (κ3) is 4.98. The minimum Gasteiger partial charge on any atom is -0.491 e. The first kappa shape index (κ1) is 22.7. The van der Waals surface area contributed by atoms with Crippen molar-refractivity contribution in [2.45, 2.75) is 33.1 Å². The van der Waals surface area contributed by atoms with Crippen LogP contribution in [0.5, 0.6) is 5.75 Å². The number of aromatic amines is 1. The molecule has 33 heavy (non-hydrogen) atoms. The van der Waals surface area contributed by atoms with Gasteiger partial charge in [0.05, 0.1) is 23.3 Å². The van der Waals surface area contributed by atoms with Crippen LogP contribution >= 0.6 is 0 Å². The Morgan fingerprint density at radius 1 is 1.18 bits per heavy atom. The molecule has 2 heterocycles. The van der Waals surface area contributed by atoms with E-state index < -0.39 is 5.69 Å². The number of aryl methyl sites for hydroxylation is 3. The number of H-pyrrole nitrogens is 1. The number of hydrogen-bond donors (Lipinski definition) is 1. The Kier molecular flexibility index (Phi) is 6.89. The van der Waals surface area contributed by atoms with Crippen molar-refractivity contribution < 1.29 is 9.47 Å². The molecule has 0 saturated carbocycles. The second kappa shape index (κ2) is 10.0. The van der Waals surface area contributed by atoms with E-state index in [2.05, 4.69) is 59.6 Å². The SMILES string of the molecule is C=c1[nH]c(=O)nc2c1=Nc1cc(CC)c(C)cc1N2CCCc1cccc(OCCOC)c1. The molecule has 0 bridgehead atoms. The number of benzene rings is 2. The zero-order valence-electron chi connectivity index (χ0n) is 19.5. The van der Waals surface area contributed by atoms with Gasteiger partial charge in [0.25, 0.3) is 0 Å². The summed E-state index contributed by atoms with van der Waals surface area (Å²) in [4.78, 5) is 26.0. The molecule has 0 aliphatic carbocycles. The lowest BCUT2D eigenvalue weighted by atomic mass is 10.0. The number of ether oxygens (including phenoxy) is 2. The number of rotatable bonds is 9. The number of methoxy groups -OCH3 is 1. The lowest BCUT2D eigenvalue weighted by molar-refractivity contribution is 0.146. The Balaban J connectivity index is 1.60. The monoisotopic (exact) mass is 446 g/mol. The van der Waals surface area contributed by atoms with Crippen LogP contribution in [0.3, 0.4) is 0 Å². The Morgan fingerprint density at radius 2 is 2.03 bits per heavy atom. The Morgan fingerprint density at radius 3 is 2.82 bits per heavy atom. The number of hydrogen-bond acceptors (Lipinski definition) is 6. The zero-order chi connectivity index (χ0) is 23.4. The first-order chi connectivity index (χ1) is 16.0. The maximum atomic E-state index is 12.1. The van der Waals surface area contributed by atoms with E-state index >= 15 is 0 Å². The summed E-state index contributed by atoms with van der Waals surface area (Å²) in [5, 5.41) is 1.11. The number of aromatic nitrogens is 2. The molecule has 4 rings (SSSR count).